The first-order valence-electron chi connectivity index (χ1n) is 5.55. The van der Waals surface area contributed by atoms with Crippen LogP contribution in [0.1, 0.15) is 11.1 Å². The summed E-state index contributed by atoms with van der Waals surface area (Å²) in [6, 6.07) is 12.0. The summed E-state index contributed by atoms with van der Waals surface area (Å²) in [4.78, 5) is 0. The van der Waals surface area contributed by atoms with Crippen molar-refractivity contribution in [2.75, 3.05) is 0 Å². The first kappa shape index (κ1) is 12.9. The van der Waals surface area contributed by atoms with Gasteiger partial charge in [-0.25, -0.2) is 4.39 Å². The van der Waals surface area contributed by atoms with Crippen molar-refractivity contribution >= 4 is 11.6 Å². The van der Waals surface area contributed by atoms with Crippen molar-refractivity contribution < 1.29 is 9.13 Å². The van der Waals surface area contributed by atoms with Gasteiger partial charge >= 0.3 is 0 Å². The van der Waals surface area contributed by atoms with Gasteiger partial charge in [-0.15, -0.1) is 0 Å². The molecule has 0 aliphatic rings. The summed E-state index contributed by atoms with van der Waals surface area (Å²) < 4.78 is 19.1. The average molecular weight is 266 g/mol. The highest BCUT2D eigenvalue weighted by molar-refractivity contribution is 6.30. The lowest BCUT2D eigenvalue weighted by Crippen LogP contribution is -2.04. The topological polar surface area (TPSA) is 35.2 Å². The maximum atomic E-state index is 13.6. The number of benzene rings is 2. The second-order valence-corrected chi connectivity index (χ2v) is 4.29. The molecule has 0 aliphatic heterocycles. The van der Waals surface area contributed by atoms with E-state index in [2.05, 4.69) is 0 Å². The normalized spacial score (nSPS) is 10.4. The van der Waals surface area contributed by atoms with E-state index in [0.29, 0.717) is 10.6 Å². The van der Waals surface area contributed by atoms with Crippen molar-refractivity contribution in [3.63, 3.8) is 0 Å². The summed E-state index contributed by atoms with van der Waals surface area (Å²) in [5, 5.41) is 0.628. The number of hydrogen-bond donors (Lipinski definition) is 1. The third-order valence-electron chi connectivity index (χ3n) is 2.54. The van der Waals surface area contributed by atoms with Crippen LogP contribution in [0.15, 0.2) is 42.5 Å². The van der Waals surface area contributed by atoms with E-state index in [-0.39, 0.29) is 18.9 Å². The Balaban J connectivity index is 2.15. The van der Waals surface area contributed by atoms with Crippen molar-refractivity contribution in [1.82, 2.24) is 0 Å². The molecule has 0 saturated carbocycles. The summed E-state index contributed by atoms with van der Waals surface area (Å²) in [7, 11) is 0. The molecule has 94 valence electrons. The van der Waals surface area contributed by atoms with Crippen molar-refractivity contribution in [3.8, 4) is 5.75 Å². The van der Waals surface area contributed by atoms with Crippen molar-refractivity contribution in [2.45, 2.75) is 13.2 Å². The molecule has 18 heavy (non-hydrogen) atoms. The predicted molar refractivity (Wildman–Crippen MR) is 70.1 cm³/mol. The van der Waals surface area contributed by atoms with Gasteiger partial charge in [0.25, 0.3) is 0 Å². The molecule has 2 N–H and O–H groups in total. The summed E-state index contributed by atoms with van der Waals surface area (Å²) in [6.07, 6.45) is 0. The quantitative estimate of drug-likeness (QED) is 0.918. The van der Waals surface area contributed by atoms with E-state index in [1.54, 1.807) is 24.3 Å². The molecular weight excluding hydrogens is 253 g/mol. The van der Waals surface area contributed by atoms with Crippen LogP contribution < -0.4 is 10.5 Å². The number of para-hydroxylation sites is 1. The zero-order chi connectivity index (χ0) is 13.0. The lowest BCUT2D eigenvalue weighted by atomic mass is 10.2. The van der Waals surface area contributed by atoms with Crippen LogP contribution in [0.2, 0.25) is 5.02 Å². The zero-order valence-corrected chi connectivity index (χ0v) is 10.5. The third-order valence-corrected chi connectivity index (χ3v) is 2.78. The first-order valence-corrected chi connectivity index (χ1v) is 5.93. The Hall–Kier alpha value is -1.58. The van der Waals surface area contributed by atoms with Gasteiger partial charge in [-0.3, -0.25) is 0 Å². The maximum absolute atomic E-state index is 13.6. The fourth-order valence-corrected chi connectivity index (χ4v) is 1.87. The smallest absolute Gasteiger partial charge is 0.165 e. The molecule has 0 amide bonds. The highest BCUT2D eigenvalue weighted by Gasteiger charge is 2.08. The molecule has 2 aromatic carbocycles. The van der Waals surface area contributed by atoms with Gasteiger partial charge in [0.1, 0.15) is 6.61 Å². The van der Waals surface area contributed by atoms with E-state index >= 15 is 0 Å². The minimum atomic E-state index is -0.403. The summed E-state index contributed by atoms with van der Waals surface area (Å²) in [5.74, 6) is -0.194. The lowest BCUT2D eigenvalue weighted by Gasteiger charge is -2.11. The number of nitrogens with two attached hydrogens (primary N) is 1. The van der Waals surface area contributed by atoms with Gasteiger partial charge in [0.15, 0.2) is 11.6 Å². The van der Waals surface area contributed by atoms with Gasteiger partial charge in [-0.1, -0.05) is 35.9 Å². The van der Waals surface area contributed by atoms with Crippen LogP contribution in [0.5, 0.6) is 5.75 Å². The Morgan fingerprint density at radius 1 is 1.17 bits per heavy atom. The van der Waals surface area contributed by atoms with E-state index in [1.165, 1.54) is 6.07 Å². The van der Waals surface area contributed by atoms with Crippen molar-refractivity contribution in [1.29, 1.82) is 0 Å². The Labute approximate surface area is 110 Å². The molecule has 2 rings (SSSR count). The third kappa shape index (κ3) is 3.00. The van der Waals surface area contributed by atoms with E-state index in [4.69, 9.17) is 22.1 Å². The Bertz CT molecular complexity index is 545. The number of hydrogen-bond acceptors (Lipinski definition) is 2. The molecule has 2 nitrogen and oxygen atoms in total. The summed E-state index contributed by atoms with van der Waals surface area (Å²) >= 11 is 5.87. The second-order valence-electron chi connectivity index (χ2n) is 3.85. The molecule has 0 bridgehead atoms. The van der Waals surface area contributed by atoms with Crippen LogP contribution in [0.4, 0.5) is 4.39 Å². The van der Waals surface area contributed by atoms with Crippen molar-refractivity contribution in [2.24, 2.45) is 5.73 Å². The van der Waals surface area contributed by atoms with Gasteiger partial charge in [-0.2, -0.15) is 0 Å². The SMILES string of the molecule is NCc1cccc(F)c1OCc1cccc(Cl)c1. The molecular formula is C14H13ClFNO. The molecule has 0 radical (unpaired) electrons. The molecule has 0 spiro atoms. The molecule has 4 heteroatoms. The molecule has 0 atom stereocenters. The number of ether oxygens (including phenoxy) is 1. The van der Waals surface area contributed by atoms with E-state index in [9.17, 15) is 4.39 Å². The van der Waals surface area contributed by atoms with Gasteiger partial charge in [-0.05, 0) is 23.8 Å². The minimum Gasteiger partial charge on any atom is -0.485 e. The monoisotopic (exact) mass is 265 g/mol. The fraction of sp³-hybridized carbons (Fsp3) is 0.143. The largest absolute Gasteiger partial charge is 0.485 e. The highest BCUT2D eigenvalue weighted by atomic mass is 35.5. The van der Waals surface area contributed by atoms with Crippen LogP contribution in [-0.2, 0) is 13.2 Å². The van der Waals surface area contributed by atoms with E-state index < -0.39 is 5.82 Å². The Morgan fingerprint density at radius 2 is 1.94 bits per heavy atom. The Kier molecular flexibility index (Phi) is 4.18. The predicted octanol–water partition coefficient (Wildman–Crippen LogP) is 3.52. The first-order chi connectivity index (χ1) is 8.70. The van der Waals surface area contributed by atoms with Crippen LogP contribution in [-0.4, -0.2) is 0 Å². The molecule has 0 aliphatic carbocycles. The zero-order valence-electron chi connectivity index (χ0n) is 9.70. The number of halogens is 2. The van der Waals surface area contributed by atoms with E-state index in [0.717, 1.165) is 5.56 Å². The summed E-state index contributed by atoms with van der Waals surface area (Å²) in [6.45, 7) is 0.497. The molecule has 0 fully saturated rings. The maximum Gasteiger partial charge on any atom is 0.165 e. The van der Waals surface area contributed by atoms with Gasteiger partial charge < -0.3 is 10.5 Å². The van der Waals surface area contributed by atoms with Crippen LogP contribution in [0, 0.1) is 5.82 Å². The summed E-state index contributed by atoms with van der Waals surface area (Å²) in [5.41, 5.74) is 7.08. The standard InChI is InChI=1S/C14H13ClFNO/c15-12-5-1-3-10(7-12)9-18-14-11(8-17)4-2-6-13(14)16/h1-7H,8-9,17H2. The van der Waals surface area contributed by atoms with Crippen molar-refractivity contribution in [3.05, 3.63) is 64.4 Å². The van der Waals surface area contributed by atoms with Gasteiger partial charge in [0.05, 0.1) is 0 Å². The van der Waals surface area contributed by atoms with Crippen LogP contribution >= 0.6 is 11.6 Å². The molecule has 0 aromatic heterocycles. The van der Waals surface area contributed by atoms with Crippen LogP contribution in [0.3, 0.4) is 0 Å². The van der Waals surface area contributed by atoms with Crippen LogP contribution in [0.25, 0.3) is 0 Å². The average Bonchev–Trinajstić information content (AvgIpc) is 2.37. The van der Waals surface area contributed by atoms with Gasteiger partial charge in [0, 0.05) is 17.1 Å². The second kappa shape index (κ2) is 5.85. The molecule has 0 saturated heterocycles. The van der Waals surface area contributed by atoms with E-state index in [1.807, 2.05) is 12.1 Å². The van der Waals surface area contributed by atoms with Gasteiger partial charge in [0.2, 0.25) is 0 Å². The lowest BCUT2D eigenvalue weighted by molar-refractivity contribution is 0.287. The molecule has 2 aromatic rings. The molecule has 0 unspecified atom stereocenters. The highest BCUT2D eigenvalue weighted by Crippen LogP contribution is 2.23. The minimum absolute atomic E-state index is 0.208. The number of rotatable bonds is 4. The Morgan fingerprint density at radius 3 is 2.67 bits per heavy atom. The fourth-order valence-electron chi connectivity index (χ4n) is 1.66. The molecule has 0 heterocycles.